The van der Waals surface area contributed by atoms with Crippen molar-refractivity contribution in [2.75, 3.05) is 27.2 Å². The van der Waals surface area contributed by atoms with Gasteiger partial charge in [-0.2, -0.15) is 17.0 Å². The molecule has 2 aromatic carbocycles. The highest BCUT2D eigenvalue weighted by Gasteiger charge is 2.31. The minimum Gasteiger partial charge on any atom is -0.252 e. The highest BCUT2D eigenvalue weighted by molar-refractivity contribution is 7.86. The lowest BCUT2D eigenvalue weighted by molar-refractivity contribution is 0.300. The summed E-state index contributed by atoms with van der Waals surface area (Å²) in [4.78, 5) is 9.49. The first-order valence-electron chi connectivity index (χ1n) is 10.3. The Morgan fingerprint density at radius 2 is 1.38 bits per heavy atom. The highest BCUT2D eigenvalue weighted by Crippen LogP contribution is 2.33. The lowest BCUT2D eigenvalue weighted by atomic mass is 9.94. The van der Waals surface area contributed by atoms with E-state index in [1.807, 2.05) is 0 Å². The van der Waals surface area contributed by atoms with Crippen LogP contribution in [0.2, 0.25) is 0 Å². The zero-order valence-electron chi connectivity index (χ0n) is 17.9. The molecule has 0 spiro atoms. The van der Waals surface area contributed by atoms with Crippen LogP contribution in [0, 0.1) is 11.6 Å². The summed E-state index contributed by atoms with van der Waals surface area (Å²) in [7, 11) is -0.395. The monoisotopic (exact) mass is 458 g/mol. The van der Waals surface area contributed by atoms with Gasteiger partial charge in [0.1, 0.15) is 11.6 Å². The maximum absolute atomic E-state index is 13.5. The van der Waals surface area contributed by atoms with E-state index in [1.165, 1.54) is 47.0 Å². The molecule has 1 fully saturated rings. The Hall–Kier alpha value is -2.75. The van der Waals surface area contributed by atoms with E-state index >= 15 is 0 Å². The number of hydrogen-bond acceptors (Lipinski definition) is 4. The van der Waals surface area contributed by atoms with E-state index in [4.69, 9.17) is 4.98 Å². The topological polar surface area (TPSA) is 66.4 Å². The molecule has 4 rings (SSSR count). The van der Waals surface area contributed by atoms with E-state index in [9.17, 15) is 17.2 Å². The predicted molar refractivity (Wildman–Crippen MR) is 119 cm³/mol. The zero-order valence-corrected chi connectivity index (χ0v) is 18.7. The predicted octanol–water partition coefficient (Wildman–Crippen LogP) is 4.07. The first-order valence-corrected chi connectivity index (χ1v) is 11.7. The molecule has 0 saturated carbocycles. The van der Waals surface area contributed by atoms with Crippen LogP contribution in [-0.2, 0) is 10.2 Å². The third kappa shape index (κ3) is 4.55. The molecule has 0 radical (unpaired) electrons. The number of aromatic nitrogens is 2. The zero-order chi connectivity index (χ0) is 22.9. The Morgan fingerprint density at radius 3 is 1.88 bits per heavy atom. The van der Waals surface area contributed by atoms with Gasteiger partial charge in [-0.1, -0.05) is 0 Å². The van der Waals surface area contributed by atoms with Gasteiger partial charge in [0.25, 0.3) is 10.2 Å². The Balaban J connectivity index is 1.67. The number of benzene rings is 2. The largest absolute Gasteiger partial charge is 0.281 e. The van der Waals surface area contributed by atoms with Crippen LogP contribution in [0.4, 0.5) is 8.78 Å². The van der Waals surface area contributed by atoms with Crippen molar-refractivity contribution in [2.45, 2.75) is 18.8 Å². The Labute approximate surface area is 186 Å². The van der Waals surface area contributed by atoms with Gasteiger partial charge in [-0.05, 0) is 61.4 Å². The second-order valence-electron chi connectivity index (χ2n) is 7.97. The summed E-state index contributed by atoms with van der Waals surface area (Å²) in [6.07, 6.45) is 2.95. The molecule has 6 nitrogen and oxygen atoms in total. The van der Waals surface area contributed by atoms with Gasteiger partial charge in [-0.3, -0.25) is 4.98 Å². The van der Waals surface area contributed by atoms with Gasteiger partial charge in [0.05, 0.1) is 17.1 Å². The van der Waals surface area contributed by atoms with E-state index < -0.39 is 10.2 Å². The molecular weight excluding hydrogens is 434 g/mol. The molecule has 168 valence electrons. The van der Waals surface area contributed by atoms with Crippen LogP contribution in [0.1, 0.15) is 24.5 Å². The van der Waals surface area contributed by atoms with Crippen molar-refractivity contribution in [3.63, 3.8) is 0 Å². The van der Waals surface area contributed by atoms with Crippen molar-refractivity contribution in [1.82, 2.24) is 18.6 Å². The Bertz CT molecular complexity index is 1190. The van der Waals surface area contributed by atoms with Crippen molar-refractivity contribution in [3.8, 4) is 22.5 Å². The van der Waals surface area contributed by atoms with E-state index in [0.29, 0.717) is 48.4 Å². The number of rotatable bonds is 5. The molecule has 2 heterocycles. The van der Waals surface area contributed by atoms with Crippen LogP contribution in [0.5, 0.6) is 0 Å². The van der Waals surface area contributed by atoms with Crippen molar-refractivity contribution >= 4 is 10.2 Å². The summed E-state index contributed by atoms with van der Waals surface area (Å²) in [5.41, 5.74) is 3.33. The lowest BCUT2D eigenvalue weighted by Crippen LogP contribution is -2.44. The molecule has 0 bridgehead atoms. The average molecular weight is 459 g/mol. The molecule has 1 aliphatic heterocycles. The SMILES string of the molecule is CN(C)S(=O)(=O)N1CCC(c2cnc(-c3ccc(F)cc3)c(-c3ccc(F)cc3)n2)CC1. The first kappa shape index (κ1) is 22.4. The normalized spacial score (nSPS) is 15.9. The minimum atomic E-state index is -3.44. The standard InChI is InChI=1S/C23H24F2N4O2S/c1-28(2)32(30,31)29-13-11-16(12-14-29)21-15-26-22(17-3-7-19(24)8-4-17)23(27-21)18-5-9-20(25)10-6-18/h3-10,15-16H,11-14H2,1-2H3. The molecule has 0 amide bonds. The summed E-state index contributed by atoms with van der Waals surface area (Å²) in [5, 5.41) is 0. The van der Waals surface area contributed by atoms with Crippen LogP contribution < -0.4 is 0 Å². The molecule has 1 aliphatic rings. The molecule has 0 N–H and O–H groups in total. The minimum absolute atomic E-state index is 0.0533. The molecule has 1 saturated heterocycles. The number of nitrogens with zero attached hydrogens (tertiary/aromatic N) is 4. The summed E-state index contributed by atoms with van der Waals surface area (Å²) in [6, 6.07) is 12.0. The molecule has 32 heavy (non-hydrogen) atoms. The first-order chi connectivity index (χ1) is 15.3. The molecule has 0 aliphatic carbocycles. The summed E-state index contributed by atoms with van der Waals surface area (Å²) >= 11 is 0. The van der Waals surface area contributed by atoms with Crippen LogP contribution in [0.3, 0.4) is 0 Å². The quantitative estimate of drug-likeness (QED) is 0.578. The summed E-state index contributed by atoms with van der Waals surface area (Å²) in [6.45, 7) is 0.802. The van der Waals surface area contributed by atoms with Gasteiger partial charge in [0, 0.05) is 50.4 Å². The second-order valence-corrected chi connectivity index (χ2v) is 10.1. The van der Waals surface area contributed by atoms with Crippen molar-refractivity contribution in [2.24, 2.45) is 0 Å². The van der Waals surface area contributed by atoms with Crippen molar-refractivity contribution in [1.29, 1.82) is 0 Å². The lowest BCUT2D eigenvalue weighted by Gasteiger charge is -2.32. The van der Waals surface area contributed by atoms with E-state index in [-0.39, 0.29) is 17.6 Å². The number of halogens is 2. The fraction of sp³-hybridized carbons (Fsp3) is 0.304. The fourth-order valence-corrected chi connectivity index (χ4v) is 4.97. The molecule has 9 heteroatoms. The second kappa shape index (κ2) is 9.01. The van der Waals surface area contributed by atoms with Gasteiger partial charge in [0.15, 0.2) is 0 Å². The van der Waals surface area contributed by atoms with Crippen LogP contribution in [0.25, 0.3) is 22.5 Å². The third-order valence-electron chi connectivity index (χ3n) is 5.69. The van der Waals surface area contributed by atoms with E-state index in [0.717, 1.165) is 5.69 Å². The van der Waals surface area contributed by atoms with Gasteiger partial charge < -0.3 is 0 Å². The van der Waals surface area contributed by atoms with Gasteiger partial charge in [-0.25, -0.2) is 13.8 Å². The number of hydrogen-bond donors (Lipinski definition) is 0. The van der Waals surface area contributed by atoms with Crippen molar-refractivity contribution in [3.05, 3.63) is 72.1 Å². The molecular formula is C23H24F2N4O2S. The van der Waals surface area contributed by atoms with Gasteiger partial charge in [0.2, 0.25) is 0 Å². The van der Waals surface area contributed by atoms with Crippen LogP contribution >= 0.6 is 0 Å². The molecule has 1 aromatic heterocycles. The molecule has 0 atom stereocenters. The van der Waals surface area contributed by atoms with Crippen molar-refractivity contribution < 1.29 is 17.2 Å². The molecule has 3 aromatic rings. The van der Waals surface area contributed by atoms with Crippen LogP contribution in [-0.4, -0.2) is 54.2 Å². The summed E-state index contributed by atoms with van der Waals surface area (Å²) in [5.74, 6) is -0.644. The maximum atomic E-state index is 13.5. The van der Waals surface area contributed by atoms with Crippen LogP contribution in [0.15, 0.2) is 54.7 Å². The van der Waals surface area contributed by atoms with Gasteiger partial charge >= 0.3 is 0 Å². The maximum Gasteiger partial charge on any atom is 0.281 e. The van der Waals surface area contributed by atoms with E-state index in [2.05, 4.69) is 4.98 Å². The Kier molecular flexibility index (Phi) is 6.32. The Morgan fingerprint density at radius 1 is 0.875 bits per heavy atom. The van der Waals surface area contributed by atoms with E-state index in [1.54, 1.807) is 30.5 Å². The average Bonchev–Trinajstić information content (AvgIpc) is 2.80. The third-order valence-corrected chi connectivity index (χ3v) is 7.63. The van der Waals surface area contributed by atoms with Gasteiger partial charge in [-0.15, -0.1) is 0 Å². The molecule has 0 unspecified atom stereocenters. The smallest absolute Gasteiger partial charge is 0.252 e. The highest BCUT2D eigenvalue weighted by atomic mass is 32.2. The summed E-state index contributed by atoms with van der Waals surface area (Å²) < 4.78 is 54.4. The number of piperidine rings is 1. The fourth-order valence-electron chi connectivity index (χ4n) is 3.84.